The first kappa shape index (κ1) is 16.4. The molecule has 3 aliphatic rings. The van der Waals surface area contributed by atoms with Crippen molar-refractivity contribution in [3.05, 3.63) is 29.3 Å². The first-order valence-electron chi connectivity index (χ1n) is 10.1. The SMILES string of the molecule is COc1ccc2c(c1)[C@@]13CCCC[C@H]1[C@H](C2)N(CCC(C)C)CC3. The van der Waals surface area contributed by atoms with E-state index in [0.29, 0.717) is 5.41 Å². The summed E-state index contributed by atoms with van der Waals surface area (Å²) in [6.45, 7) is 7.31. The van der Waals surface area contributed by atoms with Gasteiger partial charge in [0.2, 0.25) is 0 Å². The summed E-state index contributed by atoms with van der Waals surface area (Å²) in [6, 6.07) is 7.69. The number of benzene rings is 1. The third-order valence-corrected chi connectivity index (χ3v) is 7.15. The molecule has 0 aromatic heterocycles. The molecule has 0 amide bonds. The van der Waals surface area contributed by atoms with Gasteiger partial charge in [-0.15, -0.1) is 0 Å². The van der Waals surface area contributed by atoms with Gasteiger partial charge in [-0.25, -0.2) is 0 Å². The summed E-state index contributed by atoms with van der Waals surface area (Å²) in [7, 11) is 1.80. The topological polar surface area (TPSA) is 12.5 Å². The molecule has 0 radical (unpaired) electrons. The van der Waals surface area contributed by atoms with E-state index in [4.69, 9.17) is 4.74 Å². The summed E-state index contributed by atoms with van der Waals surface area (Å²) in [4.78, 5) is 2.85. The monoisotopic (exact) mass is 327 g/mol. The summed E-state index contributed by atoms with van der Waals surface area (Å²) >= 11 is 0. The number of rotatable bonds is 4. The second kappa shape index (κ2) is 6.37. The van der Waals surface area contributed by atoms with Crippen LogP contribution in [-0.2, 0) is 11.8 Å². The fourth-order valence-electron chi connectivity index (χ4n) is 5.89. The van der Waals surface area contributed by atoms with Gasteiger partial charge < -0.3 is 4.74 Å². The molecule has 0 N–H and O–H groups in total. The van der Waals surface area contributed by atoms with Crippen LogP contribution >= 0.6 is 0 Å². The van der Waals surface area contributed by atoms with E-state index in [-0.39, 0.29) is 0 Å². The van der Waals surface area contributed by atoms with Crippen LogP contribution in [0.1, 0.15) is 63.5 Å². The van der Waals surface area contributed by atoms with Crippen molar-refractivity contribution in [1.29, 1.82) is 0 Å². The van der Waals surface area contributed by atoms with E-state index >= 15 is 0 Å². The Kier molecular flexibility index (Phi) is 4.36. The summed E-state index contributed by atoms with van der Waals surface area (Å²) in [5, 5.41) is 0. The third kappa shape index (κ3) is 2.58. The number of likely N-dealkylation sites (tertiary alicyclic amines) is 1. The second-order valence-electron chi connectivity index (χ2n) is 8.77. The van der Waals surface area contributed by atoms with Crippen molar-refractivity contribution in [2.75, 3.05) is 20.2 Å². The molecule has 2 heteroatoms. The van der Waals surface area contributed by atoms with Crippen LogP contribution in [0.3, 0.4) is 0 Å². The minimum absolute atomic E-state index is 0.444. The summed E-state index contributed by atoms with van der Waals surface area (Å²) in [5.74, 6) is 2.73. The van der Waals surface area contributed by atoms with Crippen molar-refractivity contribution in [1.82, 2.24) is 4.90 Å². The molecular formula is C22H33NO. The van der Waals surface area contributed by atoms with E-state index in [9.17, 15) is 0 Å². The molecule has 1 saturated heterocycles. The first-order valence-corrected chi connectivity index (χ1v) is 10.1. The predicted octanol–water partition coefficient (Wildman–Crippen LogP) is 4.80. The molecule has 3 atom stereocenters. The van der Waals surface area contributed by atoms with E-state index in [2.05, 4.69) is 36.9 Å². The number of nitrogens with zero attached hydrogens (tertiary/aromatic N) is 1. The molecule has 0 spiro atoms. The average molecular weight is 328 g/mol. The lowest BCUT2D eigenvalue weighted by Crippen LogP contribution is -2.61. The molecule has 0 unspecified atom stereocenters. The number of fused-ring (bicyclic) bond motifs is 1. The Balaban J connectivity index is 1.70. The van der Waals surface area contributed by atoms with Crippen molar-refractivity contribution in [2.24, 2.45) is 11.8 Å². The highest BCUT2D eigenvalue weighted by molar-refractivity contribution is 5.45. The molecule has 1 heterocycles. The van der Waals surface area contributed by atoms with E-state index in [1.807, 2.05) is 0 Å². The van der Waals surface area contributed by atoms with Crippen LogP contribution in [0, 0.1) is 11.8 Å². The van der Waals surface area contributed by atoms with Gasteiger partial charge in [-0.2, -0.15) is 0 Å². The van der Waals surface area contributed by atoms with Crippen LogP contribution in [-0.4, -0.2) is 31.1 Å². The highest BCUT2D eigenvalue weighted by Crippen LogP contribution is 2.56. The molecule has 1 aliphatic heterocycles. The molecule has 24 heavy (non-hydrogen) atoms. The lowest BCUT2D eigenvalue weighted by atomic mass is 9.52. The first-order chi connectivity index (χ1) is 11.6. The Bertz CT molecular complexity index is 596. The maximum absolute atomic E-state index is 5.57. The highest BCUT2D eigenvalue weighted by Gasteiger charge is 2.53. The van der Waals surface area contributed by atoms with Crippen LogP contribution in [0.15, 0.2) is 18.2 Å². The van der Waals surface area contributed by atoms with Gasteiger partial charge in [0.1, 0.15) is 5.75 Å². The van der Waals surface area contributed by atoms with E-state index in [1.165, 1.54) is 58.0 Å². The molecule has 4 rings (SSSR count). The van der Waals surface area contributed by atoms with Gasteiger partial charge in [0.25, 0.3) is 0 Å². The van der Waals surface area contributed by atoms with Gasteiger partial charge in [-0.1, -0.05) is 32.8 Å². The zero-order chi connectivity index (χ0) is 16.7. The van der Waals surface area contributed by atoms with Crippen molar-refractivity contribution in [2.45, 2.75) is 70.3 Å². The number of hydrogen-bond donors (Lipinski definition) is 0. The predicted molar refractivity (Wildman–Crippen MR) is 99.8 cm³/mol. The van der Waals surface area contributed by atoms with Crippen molar-refractivity contribution in [3.63, 3.8) is 0 Å². The molecule has 2 fully saturated rings. The Morgan fingerprint density at radius 3 is 2.92 bits per heavy atom. The zero-order valence-corrected chi connectivity index (χ0v) is 15.7. The van der Waals surface area contributed by atoms with Crippen molar-refractivity contribution in [3.8, 4) is 5.75 Å². The van der Waals surface area contributed by atoms with Gasteiger partial charge in [-0.3, -0.25) is 4.90 Å². The standard InChI is InChI=1S/C22H33NO/c1-16(2)9-12-23-13-11-22-10-5-4-6-19(22)21(23)14-17-7-8-18(24-3)15-20(17)22/h7-8,15-16,19,21H,4-6,9-14H2,1-3H3/t19-,21-,22+/m0/s1. The van der Waals surface area contributed by atoms with Gasteiger partial charge in [0.05, 0.1) is 7.11 Å². The maximum atomic E-state index is 5.57. The molecule has 1 aromatic rings. The van der Waals surface area contributed by atoms with E-state index < -0.39 is 0 Å². The summed E-state index contributed by atoms with van der Waals surface area (Å²) in [5.41, 5.74) is 3.69. The molecule has 1 aromatic carbocycles. The number of ether oxygens (including phenoxy) is 1. The average Bonchev–Trinajstić information content (AvgIpc) is 2.60. The van der Waals surface area contributed by atoms with Crippen LogP contribution in [0.5, 0.6) is 5.75 Å². The van der Waals surface area contributed by atoms with Crippen LogP contribution in [0.25, 0.3) is 0 Å². The van der Waals surface area contributed by atoms with Crippen molar-refractivity contribution >= 4 is 0 Å². The van der Waals surface area contributed by atoms with Crippen LogP contribution in [0.4, 0.5) is 0 Å². The minimum Gasteiger partial charge on any atom is -0.497 e. The maximum Gasteiger partial charge on any atom is 0.119 e. The number of hydrogen-bond acceptors (Lipinski definition) is 2. The van der Waals surface area contributed by atoms with Gasteiger partial charge >= 0.3 is 0 Å². The Morgan fingerprint density at radius 1 is 1.25 bits per heavy atom. The van der Waals surface area contributed by atoms with Crippen LogP contribution < -0.4 is 4.74 Å². The summed E-state index contributed by atoms with van der Waals surface area (Å²) in [6.07, 6.45) is 9.61. The fraction of sp³-hybridized carbons (Fsp3) is 0.727. The Labute approximate surface area is 147 Å². The second-order valence-corrected chi connectivity index (χ2v) is 8.77. The lowest BCUT2D eigenvalue weighted by molar-refractivity contribution is -0.0130. The van der Waals surface area contributed by atoms with E-state index in [1.54, 1.807) is 18.2 Å². The minimum atomic E-state index is 0.444. The molecule has 1 saturated carbocycles. The Hall–Kier alpha value is -1.02. The Morgan fingerprint density at radius 2 is 2.12 bits per heavy atom. The van der Waals surface area contributed by atoms with E-state index in [0.717, 1.165) is 23.6 Å². The third-order valence-electron chi connectivity index (χ3n) is 7.15. The van der Waals surface area contributed by atoms with Gasteiger partial charge in [0, 0.05) is 11.5 Å². The normalized spacial score (nSPS) is 32.3. The van der Waals surface area contributed by atoms with Gasteiger partial charge in [-0.05, 0) is 80.3 Å². The molecule has 2 aliphatic carbocycles. The number of piperidine rings is 1. The zero-order valence-electron chi connectivity index (χ0n) is 15.7. The molecule has 132 valence electrons. The molecule has 2 bridgehead atoms. The quantitative estimate of drug-likeness (QED) is 0.787. The smallest absolute Gasteiger partial charge is 0.119 e. The highest BCUT2D eigenvalue weighted by atomic mass is 16.5. The van der Waals surface area contributed by atoms with Gasteiger partial charge in [0.15, 0.2) is 0 Å². The number of methoxy groups -OCH3 is 1. The molecule has 2 nitrogen and oxygen atoms in total. The molecular weight excluding hydrogens is 294 g/mol. The van der Waals surface area contributed by atoms with Crippen LogP contribution in [0.2, 0.25) is 0 Å². The fourth-order valence-corrected chi connectivity index (χ4v) is 5.89. The lowest BCUT2D eigenvalue weighted by Gasteiger charge is -2.59. The van der Waals surface area contributed by atoms with Crippen molar-refractivity contribution < 1.29 is 4.74 Å². The largest absolute Gasteiger partial charge is 0.497 e. The summed E-state index contributed by atoms with van der Waals surface area (Å²) < 4.78 is 5.57.